The van der Waals surface area contributed by atoms with E-state index in [0.29, 0.717) is 47.2 Å². The fraction of sp³-hybridized carbons (Fsp3) is 0.240. The monoisotopic (exact) mass is 451 g/mol. The van der Waals surface area contributed by atoms with Gasteiger partial charge in [-0.15, -0.1) is 0 Å². The summed E-state index contributed by atoms with van der Waals surface area (Å²) in [6.45, 7) is 1.91. The SMILES string of the molecule is CCc1ncccc1C(=O)N([C@@H]1CCc2c(F)cc(Cl)cc21)[C@H](C(N)=O)c1ccccc1. The first-order chi connectivity index (χ1) is 15.4. The number of aryl methyl sites for hydroxylation is 1. The summed E-state index contributed by atoms with van der Waals surface area (Å²) in [5.41, 5.74) is 8.57. The van der Waals surface area contributed by atoms with E-state index in [-0.39, 0.29) is 10.9 Å². The van der Waals surface area contributed by atoms with Gasteiger partial charge in [0.1, 0.15) is 11.9 Å². The van der Waals surface area contributed by atoms with E-state index in [4.69, 9.17) is 17.3 Å². The van der Waals surface area contributed by atoms with Crippen LogP contribution in [0.15, 0.2) is 60.8 Å². The smallest absolute Gasteiger partial charge is 0.257 e. The third kappa shape index (κ3) is 3.98. The topological polar surface area (TPSA) is 76.3 Å². The van der Waals surface area contributed by atoms with Gasteiger partial charge in [-0.3, -0.25) is 14.6 Å². The standard InChI is InChI=1S/C25H23ClFN3O2/c1-2-21-18(9-6-12-29-21)25(32)30(23(24(28)31)15-7-4-3-5-8-15)22-11-10-17-19(22)13-16(26)14-20(17)27/h3-9,12-14,22-23H,2,10-11H2,1H3,(H2,28,31)/t22-,23+/m1/s1. The van der Waals surface area contributed by atoms with Gasteiger partial charge in [-0.05, 0) is 60.2 Å². The van der Waals surface area contributed by atoms with Crippen LogP contribution in [-0.4, -0.2) is 21.7 Å². The van der Waals surface area contributed by atoms with Gasteiger partial charge < -0.3 is 10.6 Å². The van der Waals surface area contributed by atoms with Gasteiger partial charge in [0.15, 0.2) is 0 Å². The lowest BCUT2D eigenvalue weighted by Gasteiger charge is -2.36. The highest BCUT2D eigenvalue weighted by atomic mass is 35.5. The van der Waals surface area contributed by atoms with Crippen LogP contribution < -0.4 is 5.73 Å². The maximum Gasteiger partial charge on any atom is 0.257 e. The second-order valence-corrected chi connectivity index (χ2v) is 8.23. The Morgan fingerprint density at radius 1 is 1.22 bits per heavy atom. The van der Waals surface area contributed by atoms with E-state index < -0.39 is 23.8 Å². The Kier molecular flexibility index (Phi) is 6.24. The number of primary amides is 1. The fourth-order valence-electron chi connectivity index (χ4n) is 4.50. The number of fused-ring (bicyclic) bond motifs is 1. The number of rotatable bonds is 6. The molecule has 0 spiro atoms. The number of amides is 2. The lowest BCUT2D eigenvalue weighted by Crippen LogP contribution is -2.43. The molecule has 2 N–H and O–H groups in total. The molecule has 1 aliphatic carbocycles. The number of carbonyl (C=O) groups excluding carboxylic acids is 2. The van der Waals surface area contributed by atoms with Gasteiger partial charge in [-0.1, -0.05) is 48.9 Å². The molecule has 0 unspecified atom stereocenters. The summed E-state index contributed by atoms with van der Waals surface area (Å²) in [4.78, 5) is 32.5. The number of nitrogens with two attached hydrogens (primary N) is 1. The summed E-state index contributed by atoms with van der Waals surface area (Å²) in [6, 6.07) is 13.6. The molecule has 1 aliphatic rings. The van der Waals surface area contributed by atoms with E-state index in [1.807, 2.05) is 13.0 Å². The van der Waals surface area contributed by atoms with Crippen molar-refractivity contribution in [3.05, 3.63) is 99.6 Å². The zero-order valence-electron chi connectivity index (χ0n) is 17.6. The molecule has 0 bridgehead atoms. The van der Waals surface area contributed by atoms with Crippen LogP contribution in [0.1, 0.15) is 58.2 Å². The maximum absolute atomic E-state index is 14.6. The van der Waals surface area contributed by atoms with Crippen LogP contribution in [0.4, 0.5) is 4.39 Å². The molecule has 2 amide bonds. The minimum atomic E-state index is -1.04. The zero-order valence-corrected chi connectivity index (χ0v) is 18.3. The Bertz CT molecular complexity index is 1170. The largest absolute Gasteiger partial charge is 0.368 e. The van der Waals surface area contributed by atoms with Crippen LogP contribution in [0.5, 0.6) is 0 Å². The molecule has 2 atom stereocenters. The minimum absolute atomic E-state index is 0.242. The maximum atomic E-state index is 14.6. The summed E-state index contributed by atoms with van der Waals surface area (Å²) < 4.78 is 14.6. The molecule has 7 heteroatoms. The van der Waals surface area contributed by atoms with Gasteiger partial charge in [0.05, 0.1) is 17.3 Å². The van der Waals surface area contributed by atoms with Crippen LogP contribution in [0, 0.1) is 5.82 Å². The highest BCUT2D eigenvalue weighted by molar-refractivity contribution is 6.30. The van der Waals surface area contributed by atoms with Gasteiger partial charge in [0.25, 0.3) is 5.91 Å². The normalized spacial score (nSPS) is 15.8. The van der Waals surface area contributed by atoms with Crippen molar-refractivity contribution >= 4 is 23.4 Å². The number of aromatic nitrogens is 1. The molecule has 32 heavy (non-hydrogen) atoms. The van der Waals surface area contributed by atoms with Crippen molar-refractivity contribution in [1.29, 1.82) is 0 Å². The molecule has 0 radical (unpaired) electrons. The molecule has 0 aliphatic heterocycles. The van der Waals surface area contributed by atoms with Crippen molar-refractivity contribution in [1.82, 2.24) is 9.88 Å². The van der Waals surface area contributed by atoms with Gasteiger partial charge >= 0.3 is 0 Å². The average Bonchev–Trinajstić information content (AvgIpc) is 3.20. The first kappa shape index (κ1) is 22.0. The molecular weight excluding hydrogens is 429 g/mol. The number of benzene rings is 2. The number of hydrogen-bond acceptors (Lipinski definition) is 3. The third-order valence-electron chi connectivity index (χ3n) is 5.91. The summed E-state index contributed by atoms with van der Waals surface area (Å²) >= 11 is 6.16. The predicted octanol–water partition coefficient (Wildman–Crippen LogP) is 4.79. The zero-order chi connectivity index (χ0) is 22.8. The summed E-state index contributed by atoms with van der Waals surface area (Å²) in [5.74, 6) is -1.45. The number of nitrogens with zero attached hydrogens (tertiary/aromatic N) is 2. The van der Waals surface area contributed by atoms with Gasteiger partial charge in [-0.2, -0.15) is 0 Å². The van der Waals surface area contributed by atoms with Crippen molar-refractivity contribution < 1.29 is 14.0 Å². The van der Waals surface area contributed by atoms with Gasteiger partial charge in [0.2, 0.25) is 5.91 Å². The van der Waals surface area contributed by atoms with E-state index in [0.717, 1.165) is 0 Å². The number of pyridine rings is 1. The molecule has 3 aromatic rings. The van der Waals surface area contributed by atoms with Crippen LogP contribution in [0.25, 0.3) is 0 Å². The molecule has 2 aromatic carbocycles. The molecule has 164 valence electrons. The molecule has 5 nitrogen and oxygen atoms in total. The van der Waals surface area contributed by atoms with Crippen LogP contribution >= 0.6 is 11.6 Å². The minimum Gasteiger partial charge on any atom is -0.368 e. The van der Waals surface area contributed by atoms with Crippen LogP contribution in [0.2, 0.25) is 5.02 Å². The number of halogens is 2. The van der Waals surface area contributed by atoms with E-state index in [9.17, 15) is 14.0 Å². The van der Waals surface area contributed by atoms with E-state index in [1.54, 1.807) is 48.7 Å². The van der Waals surface area contributed by atoms with Gasteiger partial charge in [-0.25, -0.2) is 4.39 Å². The highest BCUT2D eigenvalue weighted by Crippen LogP contribution is 2.43. The molecule has 4 rings (SSSR count). The first-order valence-corrected chi connectivity index (χ1v) is 10.9. The quantitative estimate of drug-likeness (QED) is 0.585. The fourth-order valence-corrected chi connectivity index (χ4v) is 4.71. The first-order valence-electron chi connectivity index (χ1n) is 10.5. The van der Waals surface area contributed by atoms with Crippen molar-refractivity contribution in [3.8, 4) is 0 Å². The lowest BCUT2D eigenvalue weighted by molar-refractivity contribution is -0.123. The van der Waals surface area contributed by atoms with E-state index in [2.05, 4.69) is 4.98 Å². The molecule has 1 heterocycles. The Morgan fingerprint density at radius 2 is 1.97 bits per heavy atom. The van der Waals surface area contributed by atoms with Crippen LogP contribution in [-0.2, 0) is 17.6 Å². The average molecular weight is 452 g/mol. The van der Waals surface area contributed by atoms with Crippen molar-refractivity contribution in [3.63, 3.8) is 0 Å². The second-order valence-electron chi connectivity index (χ2n) is 7.79. The molecule has 0 saturated carbocycles. The Morgan fingerprint density at radius 3 is 2.66 bits per heavy atom. The van der Waals surface area contributed by atoms with Crippen molar-refractivity contribution in [2.75, 3.05) is 0 Å². The summed E-state index contributed by atoms with van der Waals surface area (Å²) in [6.07, 6.45) is 3.06. The van der Waals surface area contributed by atoms with E-state index >= 15 is 0 Å². The molecule has 0 saturated heterocycles. The van der Waals surface area contributed by atoms with Gasteiger partial charge in [0, 0.05) is 11.2 Å². The third-order valence-corrected chi connectivity index (χ3v) is 6.13. The van der Waals surface area contributed by atoms with Crippen molar-refractivity contribution in [2.45, 2.75) is 38.3 Å². The van der Waals surface area contributed by atoms with Crippen LogP contribution in [0.3, 0.4) is 0 Å². The Balaban J connectivity index is 1.91. The number of carbonyl (C=O) groups is 2. The summed E-state index contributed by atoms with van der Waals surface area (Å²) in [5, 5.41) is 0.242. The van der Waals surface area contributed by atoms with E-state index in [1.165, 1.54) is 11.0 Å². The second kappa shape index (κ2) is 9.09. The molecule has 1 aromatic heterocycles. The summed E-state index contributed by atoms with van der Waals surface area (Å²) in [7, 11) is 0. The Hall–Kier alpha value is -3.25. The highest BCUT2D eigenvalue weighted by Gasteiger charge is 2.40. The molecular formula is C25H23ClFN3O2. The predicted molar refractivity (Wildman–Crippen MR) is 121 cm³/mol. The Labute approximate surface area is 191 Å². The van der Waals surface area contributed by atoms with Crippen molar-refractivity contribution in [2.24, 2.45) is 5.73 Å². The lowest BCUT2D eigenvalue weighted by atomic mass is 9.97. The molecule has 0 fully saturated rings. The number of hydrogen-bond donors (Lipinski definition) is 1.